The molecular formula is C14H23O2-. The third kappa shape index (κ3) is 3.66. The molecular weight excluding hydrogens is 200 g/mol. The van der Waals surface area contributed by atoms with Gasteiger partial charge in [-0.25, -0.2) is 0 Å². The Labute approximate surface area is 98.7 Å². The molecule has 0 heterocycles. The van der Waals surface area contributed by atoms with Crippen LogP contribution in [0.5, 0.6) is 0 Å². The third-order valence-electron chi connectivity index (χ3n) is 3.69. The van der Waals surface area contributed by atoms with Crippen LogP contribution in [0, 0.1) is 5.92 Å². The van der Waals surface area contributed by atoms with E-state index < -0.39 is 5.97 Å². The molecule has 2 nitrogen and oxygen atoms in total. The first-order chi connectivity index (χ1) is 7.66. The lowest BCUT2D eigenvalue weighted by molar-refractivity contribution is -0.299. The number of carbonyl (C=O) groups excluding carboxylic acids is 1. The molecule has 0 N–H and O–H groups in total. The Morgan fingerprint density at radius 1 is 1.25 bits per heavy atom. The molecule has 1 aliphatic rings. The van der Waals surface area contributed by atoms with E-state index in [1.807, 2.05) is 0 Å². The van der Waals surface area contributed by atoms with Crippen LogP contribution in [0.15, 0.2) is 11.1 Å². The summed E-state index contributed by atoms with van der Waals surface area (Å²) in [5.74, 6) is -0.463. The smallest absolute Gasteiger partial charge is 0.0671 e. The van der Waals surface area contributed by atoms with Gasteiger partial charge in [0.2, 0.25) is 0 Å². The third-order valence-corrected chi connectivity index (χ3v) is 3.69. The van der Waals surface area contributed by atoms with Gasteiger partial charge >= 0.3 is 0 Å². The first-order valence-corrected chi connectivity index (χ1v) is 6.57. The molecule has 0 atom stereocenters. The number of rotatable bonds is 5. The van der Waals surface area contributed by atoms with Crippen molar-refractivity contribution < 1.29 is 9.90 Å². The van der Waals surface area contributed by atoms with Crippen LogP contribution < -0.4 is 5.11 Å². The van der Waals surface area contributed by atoms with Gasteiger partial charge in [0.25, 0.3) is 0 Å². The lowest BCUT2D eigenvalue weighted by Gasteiger charge is -2.27. The van der Waals surface area contributed by atoms with Gasteiger partial charge in [0.1, 0.15) is 0 Å². The molecule has 0 aromatic heterocycles. The van der Waals surface area contributed by atoms with Crippen LogP contribution >= 0.6 is 0 Å². The van der Waals surface area contributed by atoms with Crippen LogP contribution in [0.4, 0.5) is 0 Å². The van der Waals surface area contributed by atoms with Crippen molar-refractivity contribution in [1.29, 1.82) is 0 Å². The zero-order valence-corrected chi connectivity index (χ0v) is 10.6. The Kier molecular flexibility index (Phi) is 5.58. The van der Waals surface area contributed by atoms with E-state index in [0.717, 1.165) is 19.3 Å². The van der Waals surface area contributed by atoms with Gasteiger partial charge in [0, 0.05) is 0 Å². The molecule has 0 aromatic carbocycles. The van der Waals surface area contributed by atoms with Crippen LogP contribution in [0.2, 0.25) is 0 Å². The Hall–Kier alpha value is -0.790. The maximum atomic E-state index is 11.0. The molecule has 1 saturated carbocycles. The van der Waals surface area contributed by atoms with E-state index in [9.17, 15) is 9.90 Å². The molecule has 0 radical (unpaired) electrons. The van der Waals surface area contributed by atoms with Crippen LogP contribution in [-0.4, -0.2) is 5.97 Å². The highest BCUT2D eigenvalue weighted by atomic mass is 16.4. The van der Waals surface area contributed by atoms with Gasteiger partial charge in [-0.05, 0) is 44.1 Å². The predicted molar refractivity (Wildman–Crippen MR) is 63.8 cm³/mol. The molecule has 0 amide bonds. The molecule has 0 aliphatic heterocycles. The van der Waals surface area contributed by atoms with Gasteiger partial charge in [0.05, 0.1) is 5.97 Å². The molecule has 0 bridgehead atoms. The van der Waals surface area contributed by atoms with Crippen LogP contribution in [0.1, 0.15) is 65.2 Å². The van der Waals surface area contributed by atoms with E-state index in [2.05, 4.69) is 6.92 Å². The summed E-state index contributed by atoms with van der Waals surface area (Å²) in [5, 5.41) is 11.0. The Morgan fingerprint density at radius 2 is 1.88 bits per heavy atom. The average molecular weight is 223 g/mol. The molecule has 1 fully saturated rings. The highest BCUT2D eigenvalue weighted by Gasteiger charge is 2.19. The van der Waals surface area contributed by atoms with E-state index in [4.69, 9.17) is 0 Å². The summed E-state index contributed by atoms with van der Waals surface area (Å²) in [6.07, 6.45) is 9.31. The number of carboxylic acids is 1. The van der Waals surface area contributed by atoms with E-state index in [1.165, 1.54) is 37.7 Å². The molecule has 0 aromatic rings. The summed E-state index contributed by atoms with van der Waals surface area (Å²) in [7, 11) is 0. The monoisotopic (exact) mass is 223 g/mol. The second-order valence-electron chi connectivity index (χ2n) is 4.88. The summed E-state index contributed by atoms with van der Waals surface area (Å²) >= 11 is 0. The van der Waals surface area contributed by atoms with Crippen molar-refractivity contribution in [2.75, 3.05) is 0 Å². The van der Waals surface area contributed by atoms with Crippen molar-refractivity contribution in [2.24, 2.45) is 5.92 Å². The van der Waals surface area contributed by atoms with Crippen molar-refractivity contribution in [3.05, 3.63) is 11.1 Å². The quantitative estimate of drug-likeness (QED) is 0.672. The number of aliphatic carboxylic acids is 1. The molecule has 1 rings (SSSR count). The summed E-state index contributed by atoms with van der Waals surface area (Å²) in [6.45, 7) is 3.86. The number of unbranched alkanes of at least 4 members (excludes halogenated alkanes) is 1. The highest BCUT2D eigenvalue weighted by molar-refractivity contribution is 5.85. The summed E-state index contributed by atoms with van der Waals surface area (Å²) in [4.78, 5) is 11.0. The topological polar surface area (TPSA) is 40.1 Å². The first kappa shape index (κ1) is 13.3. The molecule has 16 heavy (non-hydrogen) atoms. The zero-order valence-electron chi connectivity index (χ0n) is 10.6. The minimum absolute atomic E-state index is 0.500. The Morgan fingerprint density at radius 3 is 2.38 bits per heavy atom. The Bertz CT molecular complexity index is 260. The highest BCUT2D eigenvalue weighted by Crippen LogP contribution is 2.33. The lowest BCUT2D eigenvalue weighted by Crippen LogP contribution is -2.26. The maximum Gasteiger partial charge on any atom is 0.0671 e. The van der Waals surface area contributed by atoms with Gasteiger partial charge in [-0.2, -0.15) is 0 Å². The summed E-state index contributed by atoms with van der Waals surface area (Å²) in [6, 6.07) is 0. The van der Waals surface area contributed by atoms with E-state index >= 15 is 0 Å². The summed E-state index contributed by atoms with van der Waals surface area (Å²) in [5.41, 5.74) is 1.67. The number of hydrogen-bond acceptors (Lipinski definition) is 2. The SMILES string of the molecule is CCCC/C(=C(\C)C(=O)[O-])C1CCCCC1. The van der Waals surface area contributed by atoms with Gasteiger partial charge in [0.15, 0.2) is 0 Å². The van der Waals surface area contributed by atoms with E-state index in [1.54, 1.807) is 6.92 Å². The number of hydrogen-bond donors (Lipinski definition) is 0. The van der Waals surface area contributed by atoms with E-state index in [-0.39, 0.29) is 0 Å². The Balaban J connectivity index is 2.76. The molecule has 1 aliphatic carbocycles. The zero-order chi connectivity index (χ0) is 12.0. The fourth-order valence-corrected chi connectivity index (χ4v) is 2.65. The second kappa shape index (κ2) is 6.72. The lowest BCUT2D eigenvalue weighted by atomic mass is 9.80. The minimum atomic E-state index is -0.975. The average Bonchev–Trinajstić information content (AvgIpc) is 2.30. The van der Waals surface area contributed by atoms with Gasteiger partial charge in [-0.15, -0.1) is 0 Å². The minimum Gasteiger partial charge on any atom is -0.545 e. The van der Waals surface area contributed by atoms with Crippen molar-refractivity contribution in [1.82, 2.24) is 0 Å². The number of carbonyl (C=O) groups is 1. The van der Waals surface area contributed by atoms with Crippen molar-refractivity contribution in [3.8, 4) is 0 Å². The first-order valence-electron chi connectivity index (χ1n) is 6.57. The van der Waals surface area contributed by atoms with Gasteiger partial charge < -0.3 is 9.90 Å². The van der Waals surface area contributed by atoms with Crippen molar-refractivity contribution in [2.45, 2.75) is 65.2 Å². The molecule has 0 spiro atoms. The van der Waals surface area contributed by atoms with Gasteiger partial charge in [-0.1, -0.05) is 38.2 Å². The predicted octanol–water partition coefficient (Wildman–Crippen LogP) is 2.82. The van der Waals surface area contributed by atoms with Crippen LogP contribution in [0.3, 0.4) is 0 Å². The van der Waals surface area contributed by atoms with E-state index in [0.29, 0.717) is 11.5 Å². The van der Waals surface area contributed by atoms with Crippen LogP contribution in [-0.2, 0) is 4.79 Å². The number of allylic oxidation sites excluding steroid dienone is 1. The fourth-order valence-electron chi connectivity index (χ4n) is 2.65. The summed E-state index contributed by atoms with van der Waals surface area (Å²) < 4.78 is 0. The molecule has 0 saturated heterocycles. The molecule has 0 unspecified atom stereocenters. The normalized spacial score (nSPS) is 19.4. The van der Waals surface area contributed by atoms with Crippen LogP contribution in [0.25, 0.3) is 0 Å². The molecule has 92 valence electrons. The van der Waals surface area contributed by atoms with Gasteiger partial charge in [-0.3, -0.25) is 0 Å². The molecule has 2 heteroatoms. The largest absolute Gasteiger partial charge is 0.545 e. The maximum absolute atomic E-state index is 11.0. The van der Waals surface area contributed by atoms with Crippen molar-refractivity contribution in [3.63, 3.8) is 0 Å². The standard InChI is InChI=1S/C14H24O2/c1-3-4-10-13(11(2)14(15)16)12-8-6-5-7-9-12/h12H,3-10H2,1-2H3,(H,15,16)/p-1/b13-11-. The number of carboxylic acid groups (broad SMARTS) is 1. The fraction of sp³-hybridized carbons (Fsp3) is 0.786. The van der Waals surface area contributed by atoms with Crippen molar-refractivity contribution >= 4 is 5.97 Å². The second-order valence-corrected chi connectivity index (χ2v) is 4.88.